The summed E-state index contributed by atoms with van der Waals surface area (Å²) in [6.07, 6.45) is 1.68. The molecule has 0 bridgehead atoms. The first kappa shape index (κ1) is 25.0. The van der Waals surface area contributed by atoms with Crippen molar-refractivity contribution in [3.8, 4) is 11.5 Å². The van der Waals surface area contributed by atoms with Crippen LogP contribution in [-0.2, 0) is 18.6 Å². The molecule has 1 atom stereocenters. The molecule has 3 heterocycles. The van der Waals surface area contributed by atoms with Crippen molar-refractivity contribution in [1.82, 2.24) is 30.1 Å². The highest BCUT2D eigenvalue weighted by Gasteiger charge is 2.31. The molecule has 194 valence electrons. The molecule has 1 aliphatic heterocycles. The largest absolute Gasteiger partial charge is 0.454 e. The Morgan fingerprint density at radius 1 is 1.08 bits per heavy atom. The average molecular weight is 503 g/mol. The van der Waals surface area contributed by atoms with Crippen molar-refractivity contribution in [1.29, 1.82) is 0 Å². The fourth-order valence-electron chi connectivity index (χ4n) is 4.77. The Kier molecular flexibility index (Phi) is 6.72. The van der Waals surface area contributed by atoms with Crippen molar-refractivity contribution in [3.63, 3.8) is 0 Å². The van der Waals surface area contributed by atoms with Crippen LogP contribution in [0.25, 0.3) is 10.9 Å². The number of hydrogen-bond acceptors (Lipinski definition) is 7. The summed E-state index contributed by atoms with van der Waals surface area (Å²) in [5.41, 5.74) is 3.42. The van der Waals surface area contributed by atoms with Crippen molar-refractivity contribution in [2.75, 3.05) is 6.79 Å². The zero-order valence-corrected chi connectivity index (χ0v) is 22.1. The van der Waals surface area contributed by atoms with E-state index < -0.39 is 0 Å². The van der Waals surface area contributed by atoms with Gasteiger partial charge >= 0.3 is 0 Å². The van der Waals surface area contributed by atoms with Crippen LogP contribution in [0.15, 0.2) is 47.3 Å². The van der Waals surface area contributed by atoms with Crippen LogP contribution in [0.4, 0.5) is 0 Å². The molecular formula is C28H34N6O3. The van der Waals surface area contributed by atoms with Gasteiger partial charge in [0.25, 0.3) is 5.56 Å². The Labute approximate surface area is 216 Å². The molecule has 0 saturated carbocycles. The van der Waals surface area contributed by atoms with E-state index in [4.69, 9.17) is 9.47 Å². The first-order valence-corrected chi connectivity index (χ1v) is 12.8. The molecule has 9 heteroatoms. The van der Waals surface area contributed by atoms with Crippen LogP contribution in [0.5, 0.6) is 11.5 Å². The zero-order valence-electron chi connectivity index (χ0n) is 22.1. The van der Waals surface area contributed by atoms with Gasteiger partial charge in [0.05, 0.1) is 17.1 Å². The van der Waals surface area contributed by atoms with E-state index in [1.165, 1.54) is 11.1 Å². The number of pyridine rings is 1. The second kappa shape index (κ2) is 9.97. The molecule has 37 heavy (non-hydrogen) atoms. The molecule has 0 aliphatic carbocycles. The fourth-order valence-corrected chi connectivity index (χ4v) is 4.77. The maximum absolute atomic E-state index is 13.2. The first-order valence-electron chi connectivity index (χ1n) is 12.8. The van der Waals surface area contributed by atoms with Crippen molar-refractivity contribution in [2.45, 2.75) is 72.1 Å². The minimum atomic E-state index is -0.231. The third-order valence-electron chi connectivity index (χ3n) is 7.35. The molecule has 2 aromatic heterocycles. The minimum absolute atomic E-state index is 0.0889. The van der Waals surface area contributed by atoms with Gasteiger partial charge in [-0.05, 0) is 61.7 Å². The number of aryl methyl sites for hydroxylation is 1. The van der Waals surface area contributed by atoms with E-state index in [2.05, 4.69) is 84.3 Å². The van der Waals surface area contributed by atoms with Gasteiger partial charge in [-0.15, -0.1) is 5.10 Å². The van der Waals surface area contributed by atoms with Crippen LogP contribution in [-0.4, -0.2) is 36.9 Å². The third-order valence-corrected chi connectivity index (χ3v) is 7.35. The van der Waals surface area contributed by atoms with Gasteiger partial charge in [0.1, 0.15) is 0 Å². The van der Waals surface area contributed by atoms with E-state index in [1.54, 1.807) is 0 Å². The zero-order chi connectivity index (χ0) is 26.2. The van der Waals surface area contributed by atoms with Gasteiger partial charge in [0.15, 0.2) is 17.3 Å². The fraction of sp³-hybridized carbons (Fsp3) is 0.429. The molecule has 9 nitrogen and oxygen atoms in total. The van der Waals surface area contributed by atoms with Gasteiger partial charge in [-0.2, -0.15) is 0 Å². The summed E-state index contributed by atoms with van der Waals surface area (Å²) in [6, 6.07) is 14.1. The van der Waals surface area contributed by atoms with Gasteiger partial charge < -0.3 is 14.5 Å². The number of nitrogens with one attached hydrogen (secondary N) is 1. The number of hydrogen-bond donors (Lipinski definition) is 1. The number of nitrogens with zero attached hydrogens (tertiary/aromatic N) is 5. The Morgan fingerprint density at radius 2 is 1.81 bits per heavy atom. The highest BCUT2D eigenvalue weighted by atomic mass is 16.7. The number of rotatable bonds is 9. The van der Waals surface area contributed by atoms with Crippen LogP contribution >= 0.6 is 0 Å². The molecular weight excluding hydrogens is 468 g/mol. The van der Waals surface area contributed by atoms with Gasteiger partial charge in [0.2, 0.25) is 6.79 Å². The van der Waals surface area contributed by atoms with Gasteiger partial charge in [-0.1, -0.05) is 43.7 Å². The predicted octanol–water partition coefficient (Wildman–Crippen LogP) is 4.85. The van der Waals surface area contributed by atoms with Gasteiger partial charge in [-0.25, -0.2) is 4.68 Å². The summed E-state index contributed by atoms with van der Waals surface area (Å²) < 4.78 is 13.0. The lowest BCUT2D eigenvalue weighted by Crippen LogP contribution is -2.36. The van der Waals surface area contributed by atoms with Crippen molar-refractivity contribution < 1.29 is 9.47 Å². The minimum Gasteiger partial charge on any atom is -0.454 e. The van der Waals surface area contributed by atoms with E-state index in [0.29, 0.717) is 30.2 Å². The lowest BCUT2D eigenvalue weighted by atomic mass is 10.0. The summed E-state index contributed by atoms with van der Waals surface area (Å²) >= 11 is 0. The molecule has 0 amide bonds. The second-order valence-corrected chi connectivity index (χ2v) is 10.3. The van der Waals surface area contributed by atoms with Crippen molar-refractivity contribution in [3.05, 3.63) is 75.3 Å². The molecule has 5 rings (SSSR count). The Balaban J connectivity index is 1.55. The number of H-pyrrole nitrogens is 1. The first-order chi connectivity index (χ1) is 17.8. The molecule has 4 aromatic rings. The van der Waals surface area contributed by atoms with Crippen LogP contribution < -0.4 is 15.0 Å². The Hall–Kier alpha value is -3.72. The number of ether oxygens (including phenoxy) is 2. The van der Waals surface area contributed by atoms with Crippen molar-refractivity contribution >= 4 is 10.9 Å². The maximum Gasteiger partial charge on any atom is 0.252 e. The highest BCUT2D eigenvalue weighted by molar-refractivity contribution is 5.83. The average Bonchev–Trinajstić information content (AvgIpc) is 3.55. The molecule has 0 fully saturated rings. The molecule has 2 aromatic carbocycles. The summed E-state index contributed by atoms with van der Waals surface area (Å²) in [6.45, 7) is 11.9. The summed E-state index contributed by atoms with van der Waals surface area (Å²) in [5, 5.41) is 13.8. The molecule has 0 saturated heterocycles. The van der Waals surface area contributed by atoms with Crippen LogP contribution in [0.1, 0.15) is 69.1 Å². The quantitative estimate of drug-likeness (QED) is 0.349. The molecule has 0 spiro atoms. The van der Waals surface area contributed by atoms with Crippen LogP contribution in [0, 0.1) is 6.92 Å². The van der Waals surface area contributed by atoms with Crippen LogP contribution in [0.2, 0.25) is 0 Å². The van der Waals surface area contributed by atoms with E-state index >= 15 is 0 Å². The number of fused-ring (bicyclic) bond motifs is 2. The second-order valence-electron chi connectivity index (χ2n) is 10.3. The molecule has 1 N–H and O–H groups in total. The van der Waals surface area contributed by atoms with E-state index in [0.717, 1.165) is 29.6 Å². The number of tetrazole rings is 1. The summed E-state index contributed by atoms with van der Waals surface area (Å²) in [5.74, 6) is 2.14. The Morgan fingerprint density at radius 3 is 2.51 bits per heavy atom. The number of aromatic nitrogens is 5. The standard InChI is InChI=1S/C28H34N6O3/c1-6-23(26-30-31-32-34(26)28(4,5)7-2)33(15-19-10-8-18(3)9-11-19)16-21-12-20-13-24-25(37-17-36-24)14-22(20)29-27(21)35/h8-14,23H,6-7,15-17H2,1-5H3,(H,29,35). The summed E-state index contributed by atoms with van der Waals surface area (Å²) in [4.78, 5) is 18.6. The van der Waals surface area contributed by atoms with E-state index in [9.17, 15) is 4.79 Å². The third kappa shape index (κ3) is 4.96. The topological polar surface area (TPSA) is 98.2 Å². The lowest BCUT2D eigenvalue weighted by Gasteiger charge is -2.33. The SMILES string of the molecule is CCC(c1nnnn1C(C)(C)CC)N(Cc1ccc(C)cc1)Cc1cc2cc3c(cc2[nH]c1=O)OCO3. The normalized spacial score (nSPS) is 14.0. The highest BCUT2D eigenvalue weighted by Crippen LogP contribution is 2.36. The van der Waals surface area contributed by atoms with Gasteiger partial charge in [0, 0.05) is 30.1 Å². The molecule has 0 radical (unpaired) electrons. The number of benzene rings is 2. The summed E-state index contributed by atoms with van der Waals surface area (Å²) in [7, 11) is 0. The predicted molar refractivity (Wildman–Crippen MR) is 142 cm³/mol. The molecule has 1 unspecified atom stereocenters. The molecule has 1 aliphatic rings. The monoisotopic (exact) mass is 502 g/mol. The van der Waals surface area contributed by atoms with E-state index in [1.807, 2.05) is 22.9 Å². The number of aromatic amines is 1. The smallest absolute Gasteiger partial charge is 0.252 e. The van der Waals surface area contributed by atoms with Crippen LogP contribution in [0.3, 0.4) is 0 Å². The van der Waals surface area contributed by atoms with E-state index in [-0.39, 0.29) is 23.9 Å². The lowest BCUT2D eigenvalue weighted by molar-refractivity contribution is 0.150. The van der Waals surface area contributed by atoms with Gasteiger partial charge in [-0.3, -0.25) is 9.69 Å². The Bertz CT molecular complexity index is 1460. The van der Waals surface area contributed by atoms with Crippen molar-refractivity contribution in [2.24, 2.45) is 0 Å². The maximum atomic E-state index is 13.2.